The lowest BCUT2D eigenvalue weighted by atomic mass is 10.2. The van der Waals surface area contributed by atoms with Crippen LogP contribution in [0.1, 0.15) is 60.8 Å². The van der Waals surface area contributed by atoms with Crippen molar-refractivity contribution in [3.05, 3.63) is 45.7 Å². The van der Waals surface area contributed by atoms with Crippen LogP contribution in [-0.2, 0) is 0 Å². The minimum Gasteiger partial charge on any atom is -0.456 e. The van der Waals surface area contributed by atoms with Gasteiger partial charge >= 0.3 is 0 Å². The first kappa shape index (κ1) is 15.0. The summed E-state index contributed by atoms with van der Waals surface area (Å²) in [7, 11) is 0. The average molecular weight is 291 g/mol. The van der Waals surface area contributed by atoms with Crippen LogP contribution in [0.2, 0.25) is 0 Å². The summed E-state index contributed by atoms with van der Waals surface area (Å²) >= 11 is 0. The molecule has 0 aliphatic heterocycles. The molecule has 2 aromatic heterocycles. The van der Waals surface area contributed by atoms with Crippen LogP contribution in [-0.4, -0.2) is 16.1 Å². The third-order valence-electron chi connectivity index (χ3n) is 2.78. The van der Waals surface area contributed by atoms with Gasteiger partial charge in [0.15, 0.2) is 11.2 Å². The maximum Gasteiger partial charge on any atom is 0.287 e. The summed E-state index contributed by atoms with van der Waals surface area (Å²) in [5.41, 5.74) is -0.281. The van der Waals surface area contributed by atoms with Gasteiger partial charge in [-0.05, 0) is 13.8 Å². The zero-order chi connectivity index (χ0) is 15.6. The molecule has 7 heteroatoms. The first-order valence-corrected chi connectivity index (χ1v) is 6.62. The quantitative estimate of drug-likeness (QED) is 0.924. The molecule has 0 unspecified atom stereocenters. The summed E-state index contributed by atoms with van der Waals surface area (Å²) in [6.45, 7) is 7.18. The molecular formula is C14H17N3O4. The van der Waals surface area contributed by atoms with Crippen molar-refractivity contribution in [2.24, 2.45) is 0 Å². The van der Waals surface area contributed by atoms with E-state index in [0.29, 0.717) is 17.5 Å². The Labute approximate surface area is 121 Å². The molecule has 0 aromatic carbocycles. The fourth-order valence-corrected chi connectivity index (χ4v) is 1.70. The lowest BCUT2D eigenvalue weighted by molar-refractivity contribution is 0.0901. The second kappa shape index (κ2) is 5.90. The molecular weight excluding hydrogens is 274 g/mol. The van der Waals surface area contributed by atoms with Gasteiger partial charge in [-0.1, -0.05) is 13.8 Å². The fourth-order valence-electron chi connectivity index (χ4n) is 1.70. The van der Waals surface area contributed by atoms with E-state index in [9.17, 15) is 9.59 Å². The Balaban J connectivity index is 2.12. The van der Waals surface area contributed by atoms with Crippen LogP contribution in [0, 0.1) is 6.92 Å². The Morgan fingerprint density at radius 2 is 1.81 bits per heavy atom. The standard InChI is InChI=1S/C14H17N3O4/c1-7(2)13-16-17-14(21-13)9(4)15-12(19)11-6-10(18)5-8(3)20-11/h5-7,9H,1-4H3,(H,15,19)/t9-/m0/s1. The second-order valence-corrected chi connectivity index (χ2v) is 5.10. The molecule has 0 spiro atoms. The summed E-state index contributed by atoms with van der Waals surface area (Å²) in [6, 6.07) is 1.97. The van der Waals surface area contributed by atoms with Crippen molar-refractivity contribution < 1.29 is 13.6 Å². The minimum atomic E-state index is -0.507. The van der Waals surface area contributed by atoms with Gasteiger partial charge in [0, 0.05) is 18.1 Å². The monoisotopic (exact) mass is 291 g/mol. The Kier molecular flexibility index (Phi) is 4.21. The smallest absolute Gasteiger partial charge is 0.287 e. The molecule has 2 rings (SSSR count). The third kappa shape index (κ3) is 3.56. The van der Waals surface area contributed by atoms with Gasteiger partial charge < -0.3 is 14.2 Å². The van der Waals surface area contributed by atoms with Crippen molar-refractivity contribution >= 4 is 5.91 Å². The molecule has 2 heterocycles. The highest BCUT2D eigenvalue weighted by atomic mass is 16.4. The summed E-state index contributed by atoms with van der Waals surface area (Å²) in [6.07, 6.45) is 0. The molecule has 21 heavy (non-hydrogen) atoms. The Morgan fingerprint density at radius 3 is 2.38 bits per heavy atom. The first-order chi connectivity index (χ1) is 9.86. The van der Waals surface area contributed by atoms with Crippen LogP contribution in [0.3, 0.4) is 0 Å². The number of amides is 1. The van der Waals surface area contributed by atoms with Crippen molar-refractivity contribution in [1.29, 1.82) is 0 Å². The van der Waals surface area contributed by atoms with Crippen molar-refractivity contribution in [2.45, 2.75) is 39.7 Å². The first-order valence-electron chi connectivity index (χ1n) is 6.62. The number of nitrogens with one attached hydrogen (secondary N) is 1. The molecule has 1 amide bonds. The number of hydrogen-bond donors (Lipinski definition) is 1. The number of aromatic nitrogens is 2. The zero-order valence-electron chi connectivity index (χ0n) is 12.3. The van der Waals surface area contributed by atoms with Crippen molar-refractivity contribution in [2.75, 3.05) is 0 Å². The molecule has 0 bridgehead atoms. The zero-order valence-corrected chi connectivity index (χ0v) is 12.3. The highest BCUT2D eigenvalue weighted by molar-refractivity contribution is 5.91. The van der Waals surface area contributed by atoms with Gasteiger partial charge in [0.2, 0.25) is 11.8 Å². The van der Waals surface area contributed by atoms with E-state index in [1.54, 1.807) is 13.8 Å². The molecule has 0 fully saturated rings. The topological polar surface area (TPSA) is 98.2 Å². The third-order valence-corrected chi connectivity index (χ3v) is 2.78. The van der Waals surface area contributed by atoms with Crippen molar-refractivity contribution in [1.82, 2.24) is 15.5 Å². The van der Waals surface area contributed by atoms with Crippen molar-refractivity contribution in [3.8, 4) is 0 Å². The van der Waals surface area contributed by atoms with Gasteiger partial charge in [-0.15, -0.1) is 10.2 Å². The SMILES string of the molecule is Cc1cc(=O)cc(C(=O)N[C@@H](C)c2nnc(C(C)C)o2)o1. The predicted molar refractivity (Wildman–Crippen MR) is 74.0 cm³/mol. The van der Waals surface area contributed by atoms with E-state index in [1.165, 1.54) is 6.07 Å². The summed E-state index contributed by atoms with van der Waals surface area (Å²) in [5.74, 6) is 0.752. The van der Waals surface area contributed by atoms with Crippen LogP contribution in [0.25, 0.3) is 0 Å². The van der Waals surface area contributed by atoms with Gasteiger partial charge in [0.05, 0.1) is 0 Å². The van der Waals surface area contributed by atoms with E-state index in [-0.39, 0.29) is 17.1 Å². The maximum atomic E-state index is 12.0. The molecule has 1 atom stereocenters. The van der Waals surface area contributed by atoms with Gasteiger partial charge in [0.1, 0.15) is 11.8 Å². The number of rotatable bonds is 4. The number of hydrogen-bond acceptors (Lipinski definition) is 6. The Morgan fingerprint density at radius 1 is 1.14 bits per heavy atom. The van der Waals surface area contributed by atoms with Crippen LogP contribution >= 0.6 is 0 Å². The van der Waals surface area contributed by atoms with E-state index in [0.717, 1.165) is 6.07 Å². The Hall–Kier alpha value is -2.44. The molecule has 0 aliphatic rings. The van der Waals surface area contributed by atoms with E-state index < -0.39 is 11.9 Å². The van der Waals surface area contributed by atoms with E-state index in [4.69, 9.17) is 8.83 Å². The van der Waals surface area contributed by atoms with E-state index in [1.807, 2.05) is 13.8 Å². The van der Waals surface area contributed by atoms with Crippen LogP contribution in [0.4, 0.5) is 0 Å². The average Bonchev–Trinajstić information content (AvgIpc) is 2.87. The molecule has 0 radical (unpaired) electrons. The largest absolute Gasteiger partial charge is 0.456 e. The van der Waals surface area contributed by atoms with E-state index >= 15 is 0 Å². The van der Waals surface area contributed by atoms with Gasteiger partial charge in [-0.3, -0.25) is 9.59 Å². The molecule has 7 nitrogen and oxygen atoms in total. The molecule has 0 saturated heterocycles. The fraction of sp³-hybridized carbons (Fsp3) is 0.429. The van der Waals surface area contributed by atoms with Crippen LogP contribution in [0.5, 0.6) is 0 Å². The van der Waals surface area contributed by atoms with Gasteiger partial charge in [0.25, 0.3) is 5.91 Å². The van der Waals surface area contributed by atoms with Crippen LogP contribution in [0.15, 0.2) is 25.8 Å². The van der Waals surface area contributed by atoms with Crippen LogP contribution < -0.4 is 10.7 Å². The maximum absolute atomic E-state index is 12.0. The molecule has 1 N–H and O–H groups in total. The molecule has 0 saturated carbocycles. The Bertz CT molecular complexity index is 702. The lowest BCUT2D eigenvalue weighted by Crippen LogP contribution is -2.27. The summed E-state index contributed by atoms with van der Waals surface area (Å²) < 4.78 is 10.7. The molecule has 112 valence electrons. The second-order valence-electron chi connectivity index (χ2n) is 5.10. The summed E-state index contributed by atoms with van der Waals surface area (Å²) in [5, 5.41) is 10.5. The van der Waals surface area contributed by atoms with Gasteiger partial charge in [-0.25, -0.2) is 0 Å². The minimum absolute atomic E-state index is 0.0459. The highest BCUT2D eigenvalue weighted by Gasteiger charge is 2.19. The molecule has 0 aliphatic carbocycles. The number of carbonyl (C=O) groups is 1. The normalized spacial score (nSPS) is 12.4. The molecule has 2 aromatic rings. The summed E-state index contributed by atoms with van der Waals surface area (Å²) in [4.78, 5) is 23.4. The highest BCUT2D eigenvalue weighted by Crippen LogP contribution is 2.17. The van der Waals surface area contributed by atoms with Gasteiger partial charge in [-0.2, -0.15) is 0 Å². The lowest BCUT2D eigenvalue weighted by Gasteiger charge is -2.09. The van der Waals surface area contributed by atoms with Crippen molar-refractivity contribution in [3.63, 3.8) is 0 Å². The number of carbonyl (C=O) groups excluding carboxylic acids is 1. The predicted octanol–water partition coefficient (Wildman–Crippen LogP) is 1.95. The van der Waals surface area contributed by atoms with E-state index in [2.05, 4.69) is 15.5 Å². The number of aryl methyl sites for hydroxylation is 1. The number of nitrogens with zero attached hydrogens (tertiary/aromatic N) is 2.